The third kappa shape index (κ3) is 5.93. The van der Waals surface area contributed by atoms with Gasteiger partial charge in [-0.15, -0.1) is 0 Å². The van der Waals surface area contributed by atoms with Gasteiger partial charge >= 0.3 is 0 Å². The van der Waals surface area contributed by atoms with Gasteiger partial charge in [0.1, 0.15) is 0 Å². The predicted octanol–water partition coefficient (Wildman–Crippen LogP) is 5.56. The Labute approximate surface area is 146 Å². The number of nitrogens with one attached hydrogen (secondary N) is 1. The molecule has 0 amide bonds. The fraction of sp³-hybridized carbons (Fsp3) is 0.409. The third-order valence-electron chi connectivity index (χ3n) is 4.33. The minimum Gasteiger partial charge on any atom is -0.303 e. The predicted molar refractivity (Wildman–Crippen MR) is 101 cm³/mol. The van der Waals surface area contributed by atoms with E-state index in [0.717, 1.165) is 24.1 Å². The van der Waals surface area contributed by atoms with E-state index in [1.54, 1.807) is 0 Å². The molecule has 0 aliphatic carbocycles. The van der Waals surface area contributed by atoms with Gasteiger partial charge < -0.3 is 5.32 Å². The molecule has 0 bridgehead atoms. The maximum Gasteiger partial charge on any atom is 0.184 e. The zero-order valence-corrected chi connectivity index (χ0v) is 14.7. The van der Waals surface area contributed by atoms with Crippen molar-refractivity contribution in [1.29, 1.82) is 0 Å². The van der Waals surface area contributed by atoms with Crippen LogP contribution in [0.3, 0.4) is 0 Å². The summed E-state index contributed by atoms with van der Waals surface area (Å²) in [6, 6.07) is 19.3. The second-order valence-corrected chi connectivity index (χ2v) is 6.30. The van der Waals surface area contributed by atoms with Gasteiger partial charge in [-0.2, -0.15) is 0 Å². The molecule has 2 aromatic carbocycles. The fourth-order valence-corrected chi connectivity index (χ4v) is 2.93. The van der Waals surface area contributed by atoms with Gasteiger partial charge in [-0.25, -0.2) is 0 Å². The van der Waals surface area contributed by atoms with Gasteiger partial charge in [-0.1, -0.05) is 99.7 Å². The van der Waals surface area contributed by atoms with E-state index < -0.39 is 0 Å². The van der Waals surface area contributed by atoms with Crippen LogP contribution in [0.1, 0.15) is 67.4 Å². The number of ketones is 1. The topological polar surface area (TPSA) is 29.1 Å². The summed E-state index contributed by atoms with van der Waals surface area (Å²) < 4.78 is 0. The number of hydrogen-bond donors (Lipinski definition) is 1. The summed E-state index contributed by atoms with van der Waals surface area (Å²) in [6.07, 6.45) is 7.56. The van der Waals surface area contributed by atoms with Crippen LogP contribution in [-0.2, 0) is 0 Å². The molecule has 0 radical (unpaired) electrons. The number of unbranched alkanes of at least 4 members (excludes halogenated alkanes) is 5. The smallest absolute Gasteiger partial charge is 0.184 e. The molecule has 128 valence electrons. The molecule has 2 nitrogen and oxygen atoms in total. The van der Waals surface area contributed by atoms with E-state index in [4.69, 9.17) is 0 Å². The Balaban J connectivity index is 1.93. The van der Waals surface area contributed by atoms with E-state index in [-0.39, 0.29) is 11.8 Å². The van der Waals surface area contributed by atoms with Gasteiger partial charge in [-0.05, 0) is 18.5 Å². The van der Waals surface area contributed by atoms with Crippen molar-refractivity contribution in [3.63, 3.8) is 0 Å². The van der Waals surface area contributed by atoms with Crippen molar-refractivity contribution in [2.24, 2.45) is 0 Å². The van der Waals surface area contributed by atoms with Crippen molar-refractivity contribution >= 4 is 5.78 Å². The van der Waals surface area contributed by atoms with Crippen molar-refractivity contribution in [3.8, 4) is 0 Å². The van der Waals surface area contributed by atoms with Gasteiger partial charge in [0.05, 0.1) is 6.04 Å². The lowest BCUT2D eigenvalue weighted by Crippen LogP contribution is -2.29. The highest BCUT2D eigenvalue weighted by atomic mass is 16.1. The molecule has 2 heteroatoms. The fourth-order valence-electron chi connectivity index (χ4n) is 2.93. The van der Waals surface area contributed by atoms with Crippen LogP contribution in [0.4, 0.5) is 0 Å². The Morgan fingerprint density at radius 2 is 1.42 bits per heavy atom. The van der Waals surface area contributed by atoms with Crippen LogP contribution in [0.5, 0.6) is 0 Å². The molecule has 0 aliphatic heterocycles. The highest BCUT2D eigenvalue weighted by Gasteiger charge is 2.20. The quantitative estimate of drug-likeness (QED) is 0.433. The largest absolute Gasteiger partial charge is 0.303 e. The van der Waals surface area contributed by atoms with Crippen molar-refractivity contribution in [3.05, 3.63) is 71.8 Å². The Morgan fingerprint density at radius 3 is 2.08 bits per heavy atom. The molecule has 0 spiro atoms. The standard InChI is InChI=1S/C22H29NO/c1-2-3-4-5-6-13-18-23-21(19-14-9-7-10-15-19)22(24)20-16-11-8-12-17-20/h7-12,14-17,21,23H,2-6,13,18H2,1H3. The van der Waals surface area contributed by atoms with Crippen molar-refractivity contribution in [1.82, 2.24) is 5.32 Å². The number of carbonyl (C=O) groups excluding carboxylic acids is 1. The summed E-state index contributed by atoms with van der Waals surface area (Å²) in [5, 5.41) is 3.48. The van der Waals surface area contributed by atoms with E-state index in [9.17, 15) is 4.79 Å². The average Bonchev–Trinajstić information content (AvgIpc) is 2.65. The van der Waals surface area contributed by atoms with Gasteiger partial charge in [-0.3, -0.25) is 4.79 Å². The van der Waals surface area contributed by atoms with Gasteiger partial charge in [0, 0.05) is 5.56 Å². The molecular weight excluding hydrogens is 294 g/mol. The van der Waals surface area contributed by atoms with Gasteiger partial charge in [0.25, 0.3) is 0 Å². The first-order valence-corrected chi connectivity index (χ1v) is 9.20. The van der Waals surface area contributed by atoms with Crippen molar-refractivity contribution in [2.45, 2.75) is 51.5 Å². The number of carbonyl (C=O) groups is 1. The number of hydrogen-bond acceptors (Lipinski definition) is 2. The van der Waals surface area contributed by atoms with Crippen LogP contribution in [-0.4, -0.2) is 12.3 Å². The van der Waals surface area contributed by atoms with E-state index in [2.05, 4.69) is 12.2 Å². The van der Waals surface area contributed by atoms with Crippen LogP contribution in [0.2, 0.25) is 0 Å². The maximum absolute atomic E-state index is 12.9. The SMILES string of the molecule is CCCCCCCCNC(C(=O)c1ccccc1)c1ccccc1. The molecule has 0 saturated heterocycles. The first kappa shape index (κ1) is 18.4. The molecule has 0 aromatic heterocycles. The molecule has 1 N–H and O–H groups in total. The minimum atomic E-state index is -0.260. The Hall–Kier alpha value is -1.93. The average molecular weight is 323 g/mol. The normalized spacial score (nSPS) is 12.0. The zero-order chi connectivity index (χ0) is 17.0. The van der Waals surface area contributed by atoms with E-state index >= 15 is 0 Å². The van der Waals surface area contributed by atoms with E-state index in [0.29, 0.717) is 0 Å². The molecule has 0 heterocycles. The second kappa shape index (κ2) is 10.8. The second-order valence-electron chi connectivity index (χ2n) is 6.30. The van der Waals surface area contributed by atoms with E-state index in [1.165, 1.54) is 32.1 Å². The van der Waals surface area contributed by atoms with Crippen LogP contribution in [0.25, 0.3) is 0 Å². The zero-order valence-electron chi connectivity index (χ0n) is 14.7. The summed E-state index contributed by atoms with van der Waals surface area (Å²) >= 11 is 0. The first-order valence-electron chi connectivity index (χ1n) is 9.20. The summed E-state index contributed by atoms with van der Waals surface area (Å²) in [5.41, 5.74) is 1.80. The lowest BCUT2D eigenvalue weighted by molar-refractivity contribution is 0.0942. The van der Waals surface area contributed by atoms with Gasteiger partial charge in [0.2, 0.25) is 0 Å². The molecule has 1 atom stereocenters. The van der Waals surface area contributed by atoms with Gasteiger partial charge in [0.15, 0.2) is 5.78 Å². The molecule has 0 saturated carbocycles. The van der Waals surface area contributed by atoms with Crippen molar-refractivity contribution in [2.75, 3.05) is 6.54 Å². The minimum absolute atomic E-state index is 0.146. The highest BCUT2D eigenvalue weighted by Crippen LogP contribution is 2.18. The summed E-state index contributed by atoms with van der Waals surface area (Å²) in [6.45, 7) is 3.12. The molecule has 2 aromatic rings. The number of Topliss-reactive ketones (excluding diaryl/α,β-unsaturated/α-hetero) is 1. The summed E-state index contributed by atoms with van der Waals surface area (Å²) in [7, 11) is 0. The van der Waals surface area contributed by atoms with Crippen LogP contribution in [0.15, 0.2) is 60.7 Å². The molecular formula is C22H29NO. The monoisotopic (exact) mass is 323 g/mol. The maximum atomic E-state index is 12.9. The third-order valence-corrected chi connectivity index (χ3v) is 4.33. The lowest BCUT2D eigenvalue weighted by Gasteiger charge is -2.18. The Bertz CT molecular complexity index is 579. The Kier molecular flexibility index (Phi) is 8.26. The highest BCUT2D eigenvalue weighted by molar-refractivity contribution is 6.00. The summed E-state index contributed by atoms with van der Waals surface area (Å²) in [5.74, 6) is 0.146. The molecule has 1 unspecified atom stereocenters. The van der Waals surface area contributed by atoms with Crippen LogP contribution in [0, 0.1) is 0 Å². The van der Waals surface area contributed by atoms with Crippen LogP contribution < -0.4 is 5.32 Å². The summed E-state index contributed by atoms with van der Waals surface area (Å²) in [4.78, 5) is 12.9. The Morgan fingerprint density at radius 1 is 0.833 bits per heavy atom. The molecule has 0 fully saturated rings. The molecule has 0 aliphatic rings. The van der Waals surface area contributed by atoms with Crippen LogP contribution >= 0.6 is 0 Å². The lowest BCUT2D eigenvalue weighted by atomic mass is 9.97. The van der Waals surface area contributed by atoms with E-state index in [1.807, 2.05) is 60.7 Å². The van der Waals surface area contributed by atoms with Crippen molar-refractivity contribution < 1.29 is 4.79 Å². The number of rotatable bonds is 11. The first-order chi connectivity index (χ1) is 11.8. The molecule has 24 heavy (non-hydrogen) atoms. The molecule has 2 rings (SSSR count). The number of benzene rings is 2.